The molecule has 1 N–H and O–H groups in total. The topological polar surface area (TPSA) is 29.1 Å². The lowest BCUT2D eigenvalue weighted by Gasteiger charge is -2.13. The molecule has 0 bridgehead atoms. The average molecular weight is 267 g/mol. The number of allylic oxidation sites excluding steroid dienone is 5. The van der Waals surface area contributed by atoms with Gasteiger partial charge in [-0.15, -0.1) is 0 Å². The molecule has 1 unspecified atom stereocenters. The smallest absolute Gasteiger partial charge is 0.221 e. The summed E-state index contributed by atoms with van der Waals surface area (Å²) in [5.74, 6) is 1.15. The Bertz CT molecular complexity index is 318. The van der Waals surface area contributed by atoms with Gasteiger partial charge in [-0.05, 0) is 19.4 Å². The van der Waals surface area contributed by atoms with E-state index in [1.807, 2.05) is 57.7 Å². The SMILES string of the molecule is CC.C\C=C/C=C(\C=C/C)C1CC(=O)NCCS1. The second-order valence-corrected chi connectivity index (χ2v) is 4.92. The lowest BCUT2D eigenvalue weighted by atomic mass is 10.1. The summed E-state index contributed by atoms with van der Waals surface area (Å²) in [5.41, 5.74) is 1.22. The zero-order chi connectivity index (χ0) is 13.8. The van der Waals surface area contributed by atoms with Crippen molar-refractivity contribution in [2.75, 3.05) is 12.3 Å². The van der Waals surface area contributed by atoms with E-state index in [-0.39, 0.29) is 11.2 Å². The molecule has 102 valence electrons. The molecule has 1 saturated heterocycles. The molecule has 1 heterocycles. The quantitative estimate of drug-likeness (QED) is 0.790. The minimum Gasteiger partial charge on any atom is -0.355 e. The van der Waals surface area contributed by atoms with E-state index in [0.29, 0.717) is 6.42 Å². The summed E-state index contributed by atoms with van der Waals surface area (Å²) in [6.45, 7) is 8.79. The highest BCUT2D eigenvalue weighted by Crippen LogP contribution is 2.25. The lowest BCUT2D eigenvalue weighted by Crippen LogP contribution is -2.24. The molecule has 1 aliphatic heterocycles. The van der Waals surface area contributed by atoms with E-state index in [1.165, 1.54) is 5.57 Å². The van der Waals surface area contributed by atoms with Crippen molar-refractivity contribution in [3.63, 3.8) is 0 Å². The van der Waals surface area contributed by atoms with E-state index >= 15 is 0 Å². The zero-order valence-electron chi connectivity index (χ0n) is 11.9. The van der Waals surface area contributed by atoms with Gasteiger partial charge in [-0.2, -0.15) is 11.8 Å². The standard InChI is InChI=1S/C13H19NOS.C2H6/c1-3-5-7-11(6-4-2)12-10-13(15)14-8-9-16-12;1-2/h3-7,12H,8-10H2,1-2H3,(H,14,15);1-2H3/b5-3-,6-4-,11-7+;. The molecule has 0 radical (unpaired) electrons. The monoisotopic (exact) mass is 267 g/mol. The number of thioether (sulfide) groups is 1. The van der Waals surface area contributed by atoms with E-state index in [9.17, 15) is 4.79 Å². The van der Waals surface area contributed by atoms with Crippen molar-refractivity contribution < 1.29 is 4.79 Å². The average Bonchev–Trinajstić information content (AvgIpc) is 2.61. The molecule has 0 aromatic rings. The number of carbonyl (C=O) groups excluding carboxylic acids is 1. The van der Waals surface area contributed by atoms with Crippen LogP contribution in [0.15, 0.2) is 36.0 Å². The third-order valence-corrected chi connectivity index (χ3v) is 3.61. The van der Waals surface area contributed by atoms with E-state index in [0.717, 1.165) is 12.3 Å². The molecular formula is C15H25NOS. The number of hydrogen-bond acceptors (Lipinski definition) is 2. The highest BCUT2D eigenvalue weighted by molar-refractivity contribution is 8.00. The first kappa shape index (κ1) is 17.0. The summed E-state index contributed by atoms with van der Waals surface area (Å²) in [5, 5.41) is 3.19. The normalized spacial score (nSPS) is 21.4. The number of amides is 1. The summed E-state index contributed by atoms with van der Waals surface area (Å²) in [4.78, 5) is 11.5. The first-order chi connectivity index (χ1) is 8.77. The van der Waals surface area contributed by atoms with Gasteiger partial charge < -0.3 is 5.32 Å². The van der Waals surface area contributed by atoms with E-state index in [1.54, 1.807) is 0 Å². The Morgan fingerprint density at radius 3 is 2.67 bits per heavy atom. The molecule has 1 atom stereocenters. The highest BCUT2D eigenvalue weighted by atomic mass is 32.2. The predicted molar refractivity (Wildman–Crippen MR) is 82.9 cm³/mol. The summed E-state index contributed by atoms with van der Waals surface area (Å²) in [7, 11) is 0. The number of nitrogens with one attached hydrogen (secondary N) is 1. The number of rotatable bonds is 3. The Hall–Kier alpha value is -0.960. The van der Waals surface area contributed by atoms with Crippen LogP contribution in [0.2, 0.25) is 0 Å². The van der Waals surface area contributed by atoms with Gasteiger partial charge in [0, 0.05) is 24.0 Å². The largest absolute Gasteiger partial charge is 0.355 e. The summed E-state index contributed by atoms with van der Waals surface area (Å²) >= 11 is 1.85. The van der Waals surface area contributed by atoms with Gasteiger partial charge in [0.15, 0.2) is 0 Å². The van der Waals surface area contributed by atoms with Gasteiger partial charge in [0.1, 0.15) is 0 Å². The second-order valence-electron chi connectivity index (χ2n) is 3.61. The van der Waals surface area contributed by atoms with Gasteiger partial charge in [0.25, 0.3) is 0 Å². The van der Waals surface area contributed by atoms with Crippen LogP contribution in [0.5, 0.6) is 0 Å². The molecule has 18 heavy (non-hydrogen) atoms. The minimum absolute atomic E-state index is 0.158. The molecule has 0 aromatic heterocycles. The summed E-state index contributed by atoms with van der Waals surface area (Å²) in [6, 6.07) is 0. The Kier molecular flexibility index (Phi) is 10.6. The molecule has 1 aliphatic rings. The van der Waals surface area contributed by atoms with Crippen LogP contribution in [-0.2, 0) is 4.79 Å². The van der Waals surface area contributed by atoms with E-state index in [2.05, 4.69) is 17.5 Å². The maximum absolute atomic E-state index is 11.5. The minimum atomic E-state index is 0.158. The molecule has 1 amide bonds. The molecule has 1 fully saturated rings. The molecule has 3 heteroatoms. The molecule has 0 saturated carbocycles. The molecule has 0 spiro atoms. The van der Waals surface area contributed by atoms with E-state index in [4.69, 9.17) is 0 Å². The van der Waals surface area contributed by atoms with Crippen LogP contribution < -0.4 is 5.32 Å². The summed E-state index contributed by atoms with van der Waals surface area (Å²) in [6.07, 6.45) is 10.8. The van der Waals surface area contributed by atoms with Crippen LogP contribution in [0.25, 0.3) is 0 Å². The summed E-state index contributed by atoms with van der Waals surface area (Å²) < 4.78 is 0. The highest BCUT2D eigenvalue weighted by Gasteiger charge is 2.19. The second kappa shape index (κ2) is 11.1. The number of carbonyl (C=O) groups is 1. The Morgan fingerprint density at radius 1 is 1.33 bits per heavy atom. The van der Waals surface area contributed by atoms with Crippen LogP contribution in [0.3, 0.4) is 0 Å². The predicted octanol–water partition coefficient (Wildman–Crippen LogP) is 3.71. The van der Waals surface area contributed by atoms with Crippen molar-refractivity contribution in [2.45, 2.75) is 39.4 Å². The first-order valence-corrected chi connectivity index (χ1v) is 7.66. The fourth-order valence-electron chi connectivity index (χ4n) is 1.58. The first-order valence-electron chi connectivity index (χ1n) is 6.61. The zero-order valence-corrected chi connectivity index (χ0v) is 12.7. The maximum Gasteiger partial charge on any atom is 0.221 e. The van der Waals surface area contributed by atoms with Crippen molar-refractivity contribution in [1.82, 2.24) is 5.32 Å². The number of hydrogen-bond donors (Lipinski definition) is 1. The van der Waals surface area contributed by atoms with Crippen LogP contribution in [0.4, 0.5) is 0 Å². The molecule has 2 nitrogen and oxygen atoms in total. The third-order valence-electron chi connectivity index (χ3n) is 2.33. The molecule has 1 rings (SSSR count). The molecule has 0 aromatic carbocycles. The molecular weight excluding hydrogens is 242 g/mol. The van der Waals surface area contributed by atoms with Crippen molar-refractivity contribution in [3.8, 4) is 0 Å². The fraction of sp³-hybridized carbons (Fsp3) is 0.533. The lowest BCUT2D eigenvalue weighted by molar-refractivity contribution is -0.120. The van der Waals surface area contributed by atoms with Crippen LogP contribution in [-0.4, -0.2) is 23.5 Å². The van der Waals surface area contributed by atoms with E-state index < -0.39 is 0 Å². The Labute approximate surface area is 116 Å². The molecule has 0 aliphatic carbocycles. The van der Waals surface area contributed by atoms with Crippen molar-refractivity contribution in [1.29, 1.82) is 0 Å². The van der Waals surface area contributed by atoms with Crippen molar-refractivity contribution >= 4 is 17.7 Å². The van der Waals surface area contributed by atoms with Gasteiger partial charge in [-0.25, -0.2) is 0 Å². The van der Waals surface area contributed by atoms with Gasteiger partial charge in [-0.1, -0.05) is 44.2 Å². The van der Waals surface area contributed by atoms with Gasteiger partial charge in [0.05, 0.1) is 0 Å². The Morgan fingerprint density at radius 2 is 2.06 bits per heavy atom. The van der Waals surface area contributed by atoms with Crippen molar-refractivity contribution in [2.24, 2.45) is 0 Å². The van der Waals surface area contributed by atoms with Gasteiger partial charge >= 0.3 is 0 Å². The van der Waals surface area contributed by atoms with Crippen LogP contribution in [0.1, 0.15) is 34.1 Å². The Balaban J connectivity index is 0.00000137. The third kappa shape index (κ3) is 6.70. The maximum atomic E-state index is 11.5. The van der Waals surface area contributed by atoms with Gasteiger partial charge in [-0.3, -0.25) is 4.79 Å². The fourth-order valence-corrected chi connectivity index (χ4v) is 2.70. The van der Waals surface area contributed by atoms with Crippen LogP contribution >= 0.6 is 11.8 Å². The van der Waals surface area contributed by atoms with Gasteiger partial charge in [0.2, 0.25) is 5.91 Å². The van der Waals surface area contributed by atoms with Crippen LogP contribution in [0, 0.1) is 0 Å². The van der Waals surface area contributed by atoms with Crippen molar-refractivity contribution in [3.05, 3.63) is 36.0 Å².